The van der Waals surface area contributed by atoms with E-state index in [0.717, 1.165) is 31.0 Å². The van der Waals surface area contributed by atoms with Crippen molar-refractivity contribution in [2.75, 3.05) is 13.1 Å². The quantitative estimate of drug-likeness (QED) is 0.785. The molecule has 2 saturated carbocycles. The number of piperidine rings is 1. The summed E-state index contributed by atoms with van der Waals surface area (Å²) in [5.41, 5.74) is 0. The van der Waals surface area contributed by atoms with Crippen LogP contribution in [-0.4, -0.2) is 41.1 Å². The van der Waals surface area contributed by atoms with Gasteiger partial charge in [0.05, 0.1) is 0 Å². The summed E-state index contributed by atoms with van der Waals surface area (Å²) in [6.45, 7) is 1.84. The maximum atomic E-state index is 12.4. The van der Waals surface area contributed by atoms with Crippen LogP contribution in [0.5, 0.6) is 0 Å². The molecule has 3 rings (SSSR count). The normalized spacial score (nSPS) is 24.7. The molecule has 0 spiro atoms. The highest BCUT2D eigenvalue weighted by atomic mass is 32.1. The minimum absolute atomic E-state index is 0.187. The molecule has 0 bridgehead atoms. The summed E-state index contributed by atoms with van der Waals surface area (Å²) in [5.74, 6) is 0.467. The van der Waals surface area contributed by atoms with E-state index in [9.17, 15) is 4.79 Å². The molecule has 2 N–H and O–H groups in total. The Labute approximate surface area is 133 Å². The Hall–Kier alpha value is -0.840. The summed E-state index contributed by atoms with van der Waals surface area (Å²) >= 11 is 5.44. The van der Waals surface area contributed by atoms with E-state index in [1.807, 2.05) is 0 Å². The maximum Gasteiger partial charge on any atom is 0.223 e. The molecule has 0 unspecified atom stereocenters. The molecule has 2 aliphatic carbocycles. The van der Waals surface area contributed by atoms with Gasteiger partial charge in [0.25, 0.3) is 0 Å². The first-order chi connectivity index (χ1) is 10.2. The number of nitrogens with one attached hydrogen (secondary N) is 2. The fraction of sp³-hybridized carbons (Fsp3) is 0.875. The van der Waals surface area contributed by atoms with Gasteiger partial charge in [-0.2, -0.15) is 0 Å². The van der Waals surface area contributed by atoms with Gasteiger partial charge in [0.2, 0.25) is 5.91 Å². The van der Waals surface area contributed by atoms with Crippen LogP contribution >= 0.6 is 12.2 Å². The molecule has 1 aliphatic heterocycles. The van der Waals surface area contributed by atoms with Crippen LogP contribution in [0.25, 0.3) is 0 Å². The zero-order valence-corrected chi connectivity index (χ0v) is 13.6. The number of carbonyl (C=O) groups excluding carboxylic acids is 1. The second kappa shape index (κ2) is 6.95. The highest BCUT2D eigenvalue weighted by Crippen LogP contribution is 2.23. The number of hydrogen-bond acceptors (Lipinski definition) is 2. The van der Waals surface area contributed by atoms with E-state index >= 15 is 0 Å². The third-order valence-corrected chi connectivity index (χ3v) is 5.39. The van der Waals surface area contributed by atoms with Crippen molar-refractivity contribution < 1.29 is 4.79 Å². The summed E-state index contributed by atoms with van der Waals surface area (Å²) in [6.07, 6.45) is 10.6. The number of carbonyl (C=O) groups is 1. The SMILES string of the molecule is O=C(NC1CCCCC1)C1CCN(C(=S)NC2CC2)CC1. The molecule has 1 heterocycles. The van der Waals surface area contributed by atoms with Crippen molar-refractivity contribution in [3.8, 4) is 0 Å². The lowest BCUT2D eigenvalue weighted by atomic mass is 9.92. The van der Waals surface area contributed by atoms with Crippen LogP contribution in [-0.2, 0) is 4.79 Å². The van der Waals surface area contributed by atoms with E-state index in [-0.39, 0.29) is 11.8 Å². The Morgan fingerprint density at radius 1 is 0.857 bits per heavy atom. The lowest BCUT2D eigenvalue weighted by Gasteiger charge is -2.34. The van der Waals surface area contributed by atoms with Gasteiger partial charge in [0.15, 0.2) is 5.11 Å². The first kappa shape index (κ1) is 15.1. The third-order valence-electron chi connectivity index (χ3n) is 5.01. The predicted octanol–water partition coefficient (Wildman–Crippen LogP) is 2.18. The maximum absolute atomic E-state index is 12.4. The Morgan fingerprint density at radius 3 is 2.10 bits per heavy atom. The van der Waals surface area contributed by atoms with Crippen LogP contribution < -0.4 is 10.6 Å². The van der Waals surface area contributed by atoms with Crippen LogP contribution in [0, 0.1) is 5.92 Å². The number of nitrogens with zero attached hydrogens (tertiary/aromatic N) is 1. The first-order valence-electron chi connectivity index (χ1n) is 8.58. The molecule has 4 nitrogen and oxygen atoms in total. The third kappa shape index (κ3) is 4.31. The van der Waals surface area contributed by atoms with E-state index in [2.05, 4.69) is 15.5 Å². The lowest BCUT2D eigenvalue weighted by molar-refractivity contribution is -0.127. The minimum atomic E-state index is 0.187. The van der Waals surface area contributed by atoms with Crippen molar-refractivity contribution in [1.82, 2.24) is 15.5 Å². The summed E-state index contributed by atoms with van der Waals surface area (Å²) < 4.78 is 0. The van der Waals surface area contributed by atoms with E-state index in [0.29, 0.717) is 12.1 Å². The van der Waals surface area contributed by atoms with Gasteiger partial charge in [-0.15, -0.1) is 0 Å². The molecule has 21 heavy (non-hydrogen) atoms. The Kier molecular flexibility index (Phi) is 4.99. The average Bonchev–Trinajstić information content (AvgIpc) is 3.32. The number of thiocarbonyl (C=S) groups is 1. The van der Waals surface area contributed by atoms with Crippen molar-refractivity contribution in [2.24, 2.45) is 5.92 Å². The Bertz CT molecular complexity index is 383. The molecule has 118 valence electrons. The fourth-order valence-electron chi connectivity index (χ4n) is 3.40. The zero-order chi connectivity index (χ0) is 14.7. The molecule has 0 aromatic rings. The van der Waals surface area contributed by atoms with Gasteiger partial charge >= 0.3 is 0 Å². The van der Waals surface area contributed by atoms with Gasteiger partial charge in [-0.25, -0.2) is 0 Å². The highest BCUT2D eigenvalue weighted by molar-refractivity contribution is 7.80. The number of rotatable bonds is 3. The van der Waals surface area contributed by atoms with Gasteiger partial charge in [-0.1, -0.05) is 19.3 Å². The fourth-order valence-corrected chi connectivity index (χ4v) is 3.75. The summed E-state index contributed by atoms with van der Waals surface area (Å²) in [7, 11) is 0. The van der Waals surface area contributed by atoms with Crippen molar-refractivity contribution in [1.29, 1.82) is 0 Å². The van der Waals surface area contributed by atoms with E-state index in [1.54, 1.807) is 0 Å². The minimum Gasteiger partial charge on any atom is -0.360 e. The molecular formula is C16H27N3OS. The zero-order valence-electron chi connectivity index (χ0n) is 12.8. The smallest absolute Gasteiger partial charge is 0.223 e. The second-order valence-electron chi connectivity index (χ2n) is 6.83. The molecule has 3 aliphatic rings. The van der Waals surface area contributed by atoms with E-state index in [4.69, 9.17) is 12.2 Å². The topological polar surface area (TPSA) is 44.4 Å². The molecule has 0 aromatic heterocycles. The van der Waals surface area contributed by atoms with Gasteiger partial charge in [0.1, 0.15) is 0 Å². The molecule has 0 radical (unpaired) electrons. The second-order valence-corrected chi connectivity index (χ2v) is 7.22. The van der Waals surface area contributed by atoms with Crippen molar-refractivity contribution >= 4 is 23.2 Å². The lowest BCUT2D eigenvalue weighted by Crippen LogP contribution is -2.48. The Balaban J connectivity index is 1.39. The van der Waals surface area contributed by atoms with Crippen LogP contribution in [0.2, 0.25) is 0 Å². The predicted molar refractivity (Wildman–Crippen MR) is 88.1 cm³/mol. The molecule has 5 heteroatoms. The van der Waals surface area contributed by atoms with Crippen LogP contribution in [0.4, 0.5) is 0 Å². The van der Waals surface area contributed by atoms with Gasteiger partial charge in [-0.05, 0) is 50.7 Å². The molecule has 0 atom stereocenters. The summed E-state index contributed by atoms with van der Waals surface area (Å²) in [4.78, 5) is 14.6. The van der Waals surface area contributed by atoms with Gasteiger partial charge in [0, 0.05) is 31.1 Å². The van der Waals surface area contributed by atoms with Crippen molar-refractivity contribution in [3.63, 3.8) is 0 Å². The van der Waals surface area contributed by atoms with E-state index in [1.165, 1.54) is 44.9 Å². The standard InChI is InChI=1S/C16H27N3OS/c20-15(17-13-4-2-1-3-5-13)12-8-10-19(11-9-12)16(21)18-14-6-7-14/h12-14H,1-11H2,(H,17,20)(H,18,21). The summed E-state index contributed by atoms with van der Waals surface area (Å²) in [6, 6.07) is 1.05. The van der Waals surface area contributed by atoms with Gasteiger partial charge < -0.3 is 15.5 Å². The van der Waals surface area contributed by atoms with Crippen LogP contribution in [0.15, 0.2) is 0 Å². The molecule has 1 amide bonds. The first-order valence-corrected chi connectivity index (χ1v) is 8.99. The monoisotopic (exact) mass is 309 g/mol. The van der Waals surface area contributed by atoms with Crippen LogP contribution in [0.3, 0.4) is 0 Å². The highest BCUT2D eigenvalue weighted by Gasteiger charge is 2.29. The molecular weight excluding hydrogens is 282 g/mol. The number of likely N-dealkylation sites (tertiary alicyclic amines) is 1. The van der Waals surface area contributed by atoms with Gasteiger partial charge in [-0.3, -0.25) is 4.79 Å². The molecule has 0 aromatic carbocycles. The number of amides is 1. The summed E-state index contributed by atoms with van der Waals surface area (Å²) in [5, 5.41) is 7.55. The average molecular weight is 309 g/mol. The van der Waals surface area contributed by atoms with E-state index < -0.39 is 0 Å². The van der Waals surface area contributed by atoms with Crippen molar-refractivity contribution in [2.45, 2.75) is 69.9 Å². The Morgan fingerprint density at radius 2 is 1.48 bits per heavy atom. The molecule has 1 saturated heterocycles. The van der Waals surface area contributed by atoms with Crippen LogP contribution in [0.1, 0.15) is 57.8 Å². The largest absolute Gasteiger partial charge is 0.360 e. The number of hydrogen-bond donors (Lipinski definition) is 2. The molecule has 3 fully saturated rings. The van der Waals surface area contributed by atoms with Crippen molar-refractivity contribution in [3.05, 3.63) is 0 Å².